The van der Waals surface area contributed by atoms with Crippen LogP contribution in [0, 0.1) is 0 Å². The summed E-state index contributed by atoms with van der Waals surface area (Å²) in [4.78, 5) is 25.4. The van der Waals surface area contributed by atoms with E-state index in [0.29, 0.717) is 35.0 Å². The standard InChI is InChI=1S/C23H24N4O4S2/c28-21(16-20-11-12-22(32-20)33(30,31)27-13-4-5-14-27)24-18-9-6-10-19(15-18)26-23(29)25-17-7-2-1-3-8-17/h1-3,6-12,15H,4-5,13-14,16H2,(H,24,28)(H2,25,26,29). The lowest BCUT2D eigenvalue weighted by atomic mass is 10.2. The van der Waals surface area contributed by atoms with Crippen molar-refractivity contribution in [2.45, 2.75) is 23.5 Å². The quantitative estimate of drug-likeness (QED) is 0.463. The second-order valence-electron chi connectivity index (χ2n) is 7.58. The zero-order chi connectivity index (χ0) is 23.3. The van der Waals surface area contributed by atoms with Crippen molar-refractivity contribution < 1.29 is 18.0 Å². The molecule has 2 heterocycles. The fourth-order valence-electron chi connectivity index (χ4n) is 3.50. The molecule has 0 saturated carbocycles. The minimum atomic E-state index is -3.48. The molecule has 33 heavy (non-hydrogen) atoms. The number of thiophene rings is 1. The van der Waals surface area contributed by atoms with E-state index in [0.717, 1.165) is 24.2 Å². The van der Waals surface area contributed by atoms with Crippen molar-refractivity contribution in [3.8, 4) is 0 Å². The molecule has 0 atom stereocenters. The van der Waals surface area contributed by atoms with E-state index in [4.69, 9.17) is 0 Å². The van der Waals surface area contributed by atoms with Crippen LogP contribution in [0.1, 0.15) is 17.7 Å². The van der Waals surface area contributed by atoms with E-state index in [1.54, 1.807) is 48.5 Å². The highest BCUT2D eigenvalue weighted by molar-refractivity contribution is 7.91. The number of amides is 3. The zero-order valence-electron chi connectivity index (χ0n) is 17.8. The number of hydrogen-bond acceptors (Lipinski definition) is 5. The topological polar surface area (TPSA) is 108 Å². The first-order valence-corrected chi connectivity index (χ1v) is 12.8. The van der Waals surface area contributed by atoms with Crippen LogP contribution in [-0.2, 0) is 21.2 Å². The van der Waals surface area contributed by atoms with Gasteiger partial charge in [-0.15, -0.1) is 11.3 Å². The maximum absolute atomic E-state index is 12.7. The summed E-state index contributed by atoms with van der Waals surface area (Å²) in [6.07, 6.45) is 1.82. The van der Waals surface area contributed by atoms with Crippen LogP contribution in [0.4, 0.5) is 21.9 Å². The average molecular weight is 485 g/mol. The molecule has 0 bridgehead atoms. The lowest BCUT2D eigenvalue weighted by molar-refractivity contribution is -0.115. The Morgan fingerprint density at radius 2 is 1.45 bits per heavy atom. The minimum Gasteiger partial charge on any atom is -0.326 e. The lowest BCUT2D eigenvalue weighted by Gasteiger charge is -2.13. The number of rotatable bonds is 7. The summed E-state index contributed by atoms with van der Waals surface area (Å²) < 4.78 is 27.1. The van der Waals surface area contributed by atoms with Gasteiger partial charge in [-0.2, -0.15) is 4.31 Å². The van der Waals surface area contributed by atoms with E-state index in [9.17, 15) is 18.0 Å². The van der Waals surface area contributed by atoms with Gasteiger partial charge in [0, 0.05) is 35.0 Å². The number of nitrogens with one attached hydrogen (secondary N) is 3. The Morgan fingerprint density at radius 3 is 2.18 bits per heavy atom. The van der Waals surface area contributed by atoms with Crippen LogP contribution >= 0.6 is 11.3 Å². The summed E-state index contributed by atoms with van der Waals surface area (Å²) in [6.45, 7) is 1.09. The van der Waals surface area contributed by atoms with Gasteiger partial charge < -0.3 is 16.0 Å². The van der Waals surface area contributed by atoms with Crippen LogP contribution in [0.25, 0.3) is 0 Å². The molecule has 2 aromatic carbocycles. The molecule has 1 aliphatic rings. The Kier molecular flexibility index (Phi) is 7.07. The van der Waals surface area contributed by atoms with Gasteiger partial charge >= 0.3 is 6.03 Å². The number of anilines is 3. The number of carbonyl (C=O) groups excluding carboxylic acids is 2. The number of urea groups is 1. The summed E-state index contributed by atoms with van der Waals surface area (Å²) in [6, 6.07) is 18.7. The molecule has 172 valence electrons. The number of hydrogen-bond donors (Lipinski definition) is 3. The zero-order valence-corrected chi connectivity index (χ0v) is 19.4. The molecule has 1 saturated heterocycles. The second kappa shape index (κ2) is 10.2. The Morgan fingerprint density at radius 1 is 0.818 bits per heavy atom. The van der Waals surface area contributed by atoms with Crippen molar-refractivity contribution in [3.05, 3.63) is 71.6 Å². The first-order valence-electron chi connectivity index (χ1n) is 10.5. The molecule has 1 fully saturated rings. The highest BCUT2D eigenvalue weighted by Gasteiger charge is 2.28. The normalized spacial score (nSPS) is 14.1. The molecule has 4 rings (SSSR count). The van der Waals surface area contributed by atoms with Crippen LogP contribution in [0.2, 0.25) is 0 Å². The Hall–Kier alpha value is -3.21. The predicted octanol–water partition coefficient (Wildman–Crippen LogP) is 4.36. The maximum atomic E-state index is 12.7. The number of benzene rings is 2. The van der Waals surface area contributed by atoms with E-state index in [2.05, 4.69) is 16.0 Å². The number of nitrogens with zero attached hydrogens (tertiary/aromatic N) is 1. The van der Waals surface area contributed by atoms with Crippen molar-refractivity contribution in [2.24, 2.45) is 0 Å². The Labute approximate surface area is 196 Å². The summed E-state index contributed by atoms with van der Waals surface area (Å²) in [7, 11) is -3.48. The van der Waals surface area contributed by atoms with Gasteiger partial charge in [0.15, 0.2) is 0 Å². The minimum absolute atomic E-state index is 0.0618. The van der Waals surface area contributed by atoms with Crippen molar-refractivity contribution in [2.75, 3.05) is 29.0 Å². The van der Waals surface area contributed by atoms with Gasteiger partial charge in [-0.1, -0.05) is 24.3 Å². The van der Waals surface area contributed by atoms with E-state index >= 15 is 0 Å². The fourth-order valence-corrected chi connectivity index (χ4v) is 6.53. The third-order valence-electron chi connectivity index (χ3n) is 5.07. The average Bonchev–Trinajstić information content (AvgIpc) is 3.48. The van der Waals surface area contributed by atoms with E-state index in [1.807, 2.05) is 18.2 Å². The molecule has 1 aliphatic heterocycles. The van der Waals surface area contributed by atoms with Crippen molar-refractivity contribution in [3.63, 3.8) is 0 Å². The highest BCUT2D eigenvalue weighted by atomic mass is 32.2. The largest absolute Gasteiger partial charge is 0.326 e. The summed E-state index contributed by atoms with van der Waals surface area (Å²) in [5.41, 5.74) is 1.72. The van der Waals surface area contributed by atoms with Gasteiger partial charge in [0.25, 0.3) is 10.0 Å². The highest BCUT2D eigenvalue weighted by Crippen LogP contribution is 2.28. The van der Waals surface area contributed by atoms with Gasteiger partial charge in [-0.05, 0) is 55.3 Å². The third-order valence-corrected chi connectivity index (χ3v) is 8.52. The third kappa shape index (κ3) is 5.98. The van der Waals surface area contributed by atoms with Gasteiger partial charge in [0.2, 0.25) is 5.91 Å². The lowest BCUT2D eigenvalue weighted by Crippen LogP contribution is -2.27. The monoisotopic (exact) mass is 484 g/mol. The molecule has 8 nitrogen and oxygen atoms in total. The van der Waals surface area contributed by atoms with Crippen LogP contribution < -0.4 is 16.0 Å². The number of carbonyl (C=O) groups is 2. The smallest absolute Gasteiger partial charge is 0.323 e. The SMILES string of the molecule is O=C(Cc1ccc(S(=O)(=O)N2CCCC2)s1)Nc1cccc(NC(=O)Nc2ccccc2)c1. The molecule has 0 spiro atoms. The first-order chi connectivity index (χ1) is 15.9. The maximum Gasteiger partial charge on any atom is 0.323 e. The van der Waals surface area contributed by atoms with Crippen LogP contribution in [0.3, 0.4) is 0 Å². The molecule has 1 aromatic heterocycles. The molecule has 0 aliphatic carbocycles. The summed E-state index contributed by atoms with van der Waals surface area (Å²) >= 11 is 1.12. The number of sulfonamides is 1. The Balaban J connectivity index is 1.33. The van der Waals surface area contributed by atoms with Gasteiger partial charge in [-0.25, -0.2) is 13.2 Å². The molecule has 3 amide bonds. The molecule has 3 N–H and O–H groups in total. The van der Waals surface area contributed by atoms with E-state index in [-0.39, 0.29) is 16.5 Å². The van der Waals surface area contributed by atoms with Crippen molar-refractivity contribution >= 4 is 50.4 Å². The van der Waals surface area contributed by atoms with Crippen LogP contribution in [0.5, 0.6) is 0 Å². The van der Waals surface area contributed by atoms with E-state index in [1.165, 1.54) is 4.31 Å². The van der Waals surface area contributed by atoms with Crippen molar-refractivity contribution in [1.29, 1.82) is 0 Å². The first kappa shape index (κ1) is 23.0. The number of para-hydroxylation sites is 1. The van der Waals surface area contributed by atoms with Gasteiger partial charge in [0.1, 0.15) is 4.21 Å². The molecular weight excluding hydrogens is 460 g/mol. The van der Waals surface area contributed by atoms with Gasteiger partial charge in [0.05, 0.1) is 6.42 Å². The molecule has 3 aromatic rings. The predicted molar refractivity (Wildman–Crippen MR) is 130 cm³/mol. The summed E-state index contributed by atoms with van der Waals surface area (Å²) in [5, 5.41) is 8.25. The van der Waals surface area contributed by atoms with Crippen molar-refractivity contribution in [1.82, 2.24) is 4.31 Å². The Bertz CT molecular complexity index is 1240. The second-order valence-corrected chi connectivity index (χ2v) is 10.9. The van der Waals surface area contributed by atoms with Gasteiger partial charge in [-0.3, -0.25) is 4.79 Å². The van der Waals surface area contributed by atoms with E-state index < -0.39 is 16.1 Å². The summed E-state index contributed by atoms with van der Waals surface area (Å²) in [5.74, 6) is -0.271. The van der Waals surface area contributed by atoms with Crippen LogP contribution in [0.15, 0.2) is 70.9 Å². The molecular formula is C23H24N4O4S2. The fraction of sp³-hybridized carbons (Fsp3) is 0.217. The molecule has 10 heteroatoms. The molecule has 0 radical (unpaired) electrons. The molecule has 0 unspecified atom stereocenters. The van der Waals surface area contributed by atoms with Crippen LogP contribution in [-0.4, -0.2) is 37.8 Å².